The molecule has 5 heteroatoms. The molecular weight excluding hydrogens is 247 g/mol. The number of aromatic hydroxyl groups is 1. The molecule has 3 N–H and O–H groups in total. The summed E-state index contributed by atoms with van der Waals surface area (Å²) in [5.74, 6) is -0.209. The molecule has 1 atom stereocenters. The van der Waals surface area contributed by atoms with Crippen molar-refractivity contribution in [2.75, 3.05) is 32.8 Å². The van der Waals surface area contributed by atoms with Gasteiger partial charge in [-0.25, -0.2) is 4.39 Å². The maximum absolute atomic E-state index is 13.4. The third-order valence-electron chi connectivity index (χ3n) is 3.58. The fourth-order valence-corrected chi connectivity index (χ4v) is 2.61. The van der Waals surface area contributed by atoms with Crippen molar-refractivity contribution >= 4 is 0 Å². The molecule has 0 spiro atoms. The number of nitrogens with one attached hydrogen (secondary N) is 1. The van der Waals surface area contributed by atoms with Crippen molar-refractivity contribution in [1.29, 1.82) is 0 Å². The van der Waals surface area contributed by atoms with Gasteiger partial charge in [-0.05, 0) is 31.0 Å². The molecule has 0 bridgehead atoms. The Balaban J connectivity index is 2.22. The number of phenols is 1. The monoisotopic (exact) mass is 268 g/mol. The first kappa shape index (κ1) is 14.2. The maximum Gasteiger partial charge on any atom is 0.123 e. The molecule has 2 rings (SSSR count). The van der Waals surface area contributed by atoms with Crippen molar-refractivity contribution in [3.8, 4) is 5.75 Å². The molecule has 0 radical (unpaired) electrons. The van der Waals surface area contributed by atoms with Gasteiger partial charge in [0.1, 0.15) is 11.6 Å². The Kier molecular flexibility index (Phi) is 5.13. The van der Waals surface area contributed by atoms with E-state index < -0.39 is 0 Å². The smallest absolute Gasteiger partial charge is 0.123 e. The second kappa shape index (κ2) is 6.84. The Morgan fingerprint density at radius 2 is 2.05 bits per heavy atom. The molecule has 1 aromatic carbocycles. The van der Waals surface area contributed by atoms with Gasteiger partial charge in [0.25, 0.3) is 0 Å². The number of phenolic OH excluding ortho intramolecular Hbond substituents is 1. The number of hydrogen-bond donors (Lipinski definition) is 3. The largest absolute Gasteiger partial charge is 0.508 e. The first-order valence-electron chi connectivity index (χ1n) is 6.76. The van der Waals surface area contributed by atoms with Crippen LogP contribution in [0.1, 0.15) is 24.4 Å². The zero-order valence-electron chi connectivity index (χ0n) is 11.0. The highest BCUT2D eigenvalue weighted by Gasteiger charge is 2.24. The zero-order valence-corrected chi connectivity index (χ0v) is 11.0. The van der Waals surface area contributed by atoms with Crippen molar-refractivity contribution in [3.63, 3.8) is 0 Å². The molecule has 0 saturated carbocycles. The number of aliphatic hydroxyl groups excluding tert-OH is 1. The van der Waals surface area contributed by atoms with Crippen molar-refractivity contribution in [2.24, 2.45) is 0 Å². The SMILES string of the molecule is OCCC[C@@H](c1cc(F)ccc1O)N1CCNCC1. The number of aliphatic hydroxyl groups is 1. The Morgan fingerprint density at radius 1 is 1.32 bits per heavy atom. The molecular formula is C14H21FN2O2. The molecule has 0 aromatic heterocycles. The third kappa shape index (κ3) is 3.65. The van der Waals surface area contributed by atoms with Gasteiger partial charge in [0, 0.05) is 44.4 Å². The van der Waals surface area contributed by atoms with E-state index in [1.165, 1.54) is 18.2 Å². The molecule has 4 nitrogen and oxygen atoms in total. The summed E-state index contributed by atoms with van der Waals surface area (Å²) < 4.78 is 13.4. The van der Waals surface area contributed by atoms with E-state index in [1.54, 1.807) is 0 Å². The predicted molar refractivity (Wildman–Crippen MR) is 71.6 cm³/mol. The normalized spacial score (nSPS) is 18.4. The van der Waals surface area contributed by atoms with Gasteiger partial charge in [0.2, 0.25) is 0 Å². The molecule has 1 fully saturated rings. The lowest BCUT2D eigenvalue weighted by Crippen LogP contribution is -2.45. The molecule has 1 aliphatic heterocycles. The van der Waals surface area contributed by atoms with Gasteiger partial charge in [-0.3, -0.25) is 4.90 Å². The predicted octanol–water partition coefficient (Wildman–Crippen LogP) is 1.25. The first-order valence-corrected chi connectivity index (χ1v) is 6.76. The van der Waals surface area contributed by atoms with Crippen molar-refractivity contribution in [2.45, 2.75) is 18.9 Å². The summed E-state index contributed by atoms with van der Waals surface area (Å²) in [4.78, 5) is 2.24. The van der Waals surface area contributed by atoms with Crippen LogP contribution in [-0.2, 0) is 0 Å². The summed E-state index contributed by atoms with van der Waals surface area (Å²) in [5.41, 5.74) is 0.621. The lowest BCUT2D eigenvalue weighted by atomic mass is 9.98. The van der Waals surface area contributed by atoms with Crippen LogP contribution in [0.3, 0.4) is 0 Å². The number of rotatable bonds is 5. The molecule has 0 unspecified atom stereocenters. The lowest BCUT2D eigenvalue weighted by molar-refractivity contribution is 0.152. The minimum absolute atomic E-state index is 0.0371. The fraction of sp³-hybridized carbons (Fsp3) is 0.571. The number of hydrogen-bond acceptors (Lipinski definition) is 4. The van der Waals surface area contributed by atoms with E-state index in [9.17, 15) is 9.50 Å². The topological polar surface area (TPSA) is 55.7 Å². The molecule has 19 heavy (non-hydrogen) atoms. The minimum atomic E-state index is -0.336. The highest BCUT2D eigenvalue weighted by molar-refractivity contribution is 5.35. The van der Waals surface area contributed by atoms with E-state index in [4.69, 9.17) is 5.11 Å². The molecule has 1 heterocycles. The second-order valence-corrected chi connectivity index (χ2v) is 4.87. The summed E-state index contributed by atoms with van der Waals surface area (Å²) in [5, 5.41) is 22.3. The number of piperazine rings is 1. The van der Waals surface area contributed by atoms with Crippen LogP contribution in [0.25, 0.3) is 0 Å². The summed E-state index contributed by atoms with van der Waals surface area (Å²) in [6, 6.07) is 4.03. The number of benzene rings is 1. The van der Waals surface area contributed by atoms with Gasteiger partial charge in [-0.2, -0.15) is 0 Å². The molecule has 1 aliphatic rings. The van der Waals surface area contributed by atoms with Crippen LogP contribution in [0.5, 0.6) is 5.75 Å². The minimum Gasteiger partial charge on any atom is -0.508 e. The summed E-state index contributed by atoms with van der Waals surface area (Å²) >= 11 is 0. The van der Waals surface area contributed by atoms with E-state index in [1.807, 2.05) is 0 Å². The molecule has 0 aliphatic carbocycles. The Hall–Kier alpha value is -1.17. The van der Waals surface area contributed by atoms with Crippen LogP contribution in [0.15, 0.2) is 18.2 Å². The second-order valence-electron chi connectivity index (χ2n) is 4.87. The van der Waals surface area contributed by atoms with E-state index in [0.29, 0.717) is 18.4 Å². The van der Waals surface area contributed by atoms with Gasteiger partial charge in [-0.1, -0.05) is 0 Å². The number of halogens is 1. The quantitative estimate of drug-likeness (QED) is 0.752. The Morgan fingerprint density at radius 3 is 2.74 bits per heavy atom. The average molecular weight is 268 g/mol. The standard InChI is InChI=1S/C14H21FN2O2/c15-11-3-4-14(19)12(10-11)13(2-1-9-18)17-7-5-16-6-8-17/h3-4,10,13,16,18-19H,1-2,5-9H2/t13-/m0/s1. The highest BCUT2D eigenvalue weighted by atomic mass is 19.1. The van der Waals surface area contributed by atoms with Crippen molar-refractivity contribution in [3.05, 3.63) is 29.6 Å². The van der Waals surface area contributed by atoms with Gasteiger partial charge in [0.05, 0.1) is 0 Å². The van der Waals surface area contributed by atoms with Crippen LogP contribution in [0, 0.1) is 5.82 Å². The van der Waals surface area contributed by atoms with Gasteiger partial charge in [-0.15, -0.1) is 0 Å². The molecule has 1 aromatic rings. The van der Waals surface area contributed by atoms with Crippen LogP contribution >= 0.6 is 0 Å². The highest BCUT2D eigenvalue weighted by Crippen LogP contribution is 2.32. The van der Waals surface area contributed by atoms with Crippen molar-refractivity contribution in [1.82, 2.24) is 10.2 Å². The maximum atomic E-state index is 13.4. The Bertz CT molecular complexity index is 408. The van der Waals surface area contributed by atoms with Crippen LogP contribution in [0.4, 0.5) is 4.39 Å². The molecule has 106 valence electrons. The van der Waals surface area contributed by atoms with Crippen LogP contribution in [-0.4, -0.2) is 47.9 Å². The lowest BCUT2D eigenvalue weighted by Gasteiger charge is -2.35. The Labute approximate surface area is 112 Å². The summed E-state index contributed by atoms with van der Waals surface area (Å²) in [6.07, 6.45) is 1.36. The molecule has 1 saturated heterocycles. The van der Waals surface area contributed by atoms with Crippen LogP contribution < -0.4 is 5.32 Å². The summed E-state index contributed by atoms with van der Waals surface area (Å²) in [6.45, 7) is 3.63. The molecule has 0 amide bonds. The number of nitrogens with zero attached hydrogens (tertiary/aromatic N) is 1. The van der Waals surface area contributed by atoms with Crippen molar-refractivity contribution < 1.29 is 14.6 Å². The fourth-order valence-electron chi connectivity index (χ4n) is 2.61. The van der Waals surface area contributed by atoms with Crippen LogP contribution in [0.2, 0.25) is 0 Å². The van der Waals surface area contributed by atoms with E-state index >= 15 is 0 Å². The van der Waals surface area contributed by atoms with Gasteiger partial charge >= 0.3 is 0 Å². The van der Waals surface area contributed by atoms with Gasteiger partial charge < -0.3 is 15.5 Å². The average Bonchev–Trinajstić information content (AvgIpc) is 2.44. The van der Waals surface area contributed by atoms with E-state index in [2.05, 4.69) is 10.2 Å². The van der Waals surface area contributed by atoms with E-state index in [-0.39, 0.29) is 24.2 Å². The van der Waals surface area contributed by atoms with E-state index in [0.717, 1.165) is 26.2 Å². The first-order chi connectivity index (χ1) is 9.22. The van der Waals surface area contributed by atoms with Gasteiger partial charge in [0.15, 0.2) is 0 Å². The third-order valence-corrected chi connectivity index (χ3v) is 3.58. The zero-order chi connectivity index (χ0) is 13.7. The summed E-state index contributed by atoms with van der Waals surface area (Å²) in [7, 11) is 0.